The predicted molar refractivity (Wildman–Crippen MR) is 51.3 cm³/mol. The molecule has 0 fully saturated rings. The van der Waals surface area contributed by atoms with E-state index in [-0.39, 0.29) is 0 Å². The molecule has 1 N–H and O–H groups in total. The first kappa shape index (κ1) is 8.19. The molecule has 0 atom stereocenters. The van der Waals surface area contributed by atoms with Gasteiger partial charge in [-0.3, -0.25) is 0 Å². The number of aromatic carboxylic acids is 1. The molecule has 1 aromatic heterocycles. The van der Waals surface area contributed by atoms with Crippen LogP contribution in [-0.4, -0.2) is 15.4 Å². The van der Waals surface area contributed by atoms with Crippen LogP contribution in [0, 0.1) is 6.92 Å². The van der Waals surface area contributed by atoms with E-state index < -0.39 is 5.97 Å². The summed E-state index contributed by atoms with van der Waals surface area (Å²) in [6.07, 6.45) is 0. The van der Waals surface area contributed by atoms with E-state index in [0.29, 0.717) is 5.56 Å². The lowest BCUT2D eigenvalue weighted by Crippen LogP contribution is -1.94. The van der Waals surface area contributed by atoms with Gasteiger partial charge < -0.3 is 5.11 Å². The van der Waals surface area contributed by atoms with Crippen molar-refractivity contribution in [2.75, 3.05) is 0 Å². The summed E-state index contributed by atoms with van der Waals surface area (Å²) < 4.78 is 5.18. The maximum Gasteiger partial charge on any atom is 0.335 e. The van der Waals surface area contributed by atoms with E-state index in [1.165, 1.54) is 11.5 Å². The number of carboxylic acid groups (broad SMARTS) is 1. The number of carboxylic acids is 1. The minimum Gasteiger partial charge on any atom is -0.478 e. The third-order valence-corrected chi connectivity index (χ3v) is 2.82. The Morgan fingerprint density at radius 2 is 2.31 bits per heavy atom. The molecule has 0 aliphatic heterocycles. The summed E-state index contributed by atoms with van der Waals surface area (Å²) in [6.45, 7) is 1.88. The van der Waals surface area contributed by atoms with Gasteiger partial charge in [-0.15, -0.1) is 0 Å². The summed E-state index contributed by atoms with van der Waals surface area (Å²) in [7, 11) is 0. The van der Waals surface area contributed by atoms with E-state index in [9.17, 15) is 4.79 Å². The molecule has 2 aromatic rings. The average molecular weight is 193 g/mol. The monoisotopic (exact) mass is 193 g/mol. The molecular formula is C9H7NO2S. The van der Waals surface area contributed by atoms with Gasteiger partial charge in [-0.2, -0.15) is 4.37 Å². The van der Waals surface area contributed by atoms with Gasteiger partial charge in [0.2, 0.25) is 0 Å². The number of nitrogens with zero attached hydrogens (tertiary/aromatic N) is 1. The third kappa shape index (κ3) is 1.29. The smallest absolute Gasteiger partial charge is 0.335 e. The Bertz CT molecular complexity index is 475. The van der Waals surface area contributed by atoms with Crippen LogP contribution >= 0.6 is 11.5 Å². The lowest BCUT2D eigenvalue weighted by atomic mass is 10.1. The fourth-order valence-electron chi connectivity index (χ4n) is 1.19. The Labute approximate surface area is 78.8 Å². The first-order chi connectivity index (χ1) is 6.18. The van der Waals surface area contributed by atoms with E-state index in [4.69, 9.17) is 5.11 Å². The van der Waals surface area contributed by atoms with Gasteiger partial charge in [0.15, 0.2) is 0 Å². The lowest BCUT2D eigenvalue weighted by Gasteiger charge is -1.93. The number of rotatable bonds is 1. The molecule has 0 amide bonds. The fraction of sp³-hybridized carbons (Fsp3) is 0.111. The molecule has 0 spiro atoms. The Balaban J connectivity index is 2.72. The minimum atomic E-state index is -0.896. The van der Waals surface area contributed by atoms with Crippen LogP contribution in [0.4, 0.5) is 0 Å². The normalized spacial score (nSPS) is 10.5. The third-order valence-electron chi connectivity index (χ3n) is 1.90. The van der Waals surface area contributed by atoms with Crippen molar-refractivity contribution in [1.29, 1.82) is 0 Å². The number of fused-ring (bicyclic) bond motifs is 1. The van der Waals surface area contributed by atoms with Crippen LogP contribution < -0.4 is 0 Å². The molecule has 1 aromatic carbocycles. The molecule has 2 rings (SSSR count). The second kappa shape index (κ2) is 2.81. The largest absolute Gasteiger partial charge is 0.478 e. The summed E-state index contributed by atoms with van der Waals surface area (Å²) in [4.78, 5) is 10.7. The molecule has 0 bridgehead atoms. The molecule has 0 aliphatic rings. The standard InChI is InChI=1S/C9H7NO2S/c1-5-7-4-6(9(11)12)2-3-8(7)13-10-5/h2-4H,1H3,(H,11,12). The molecule has 66 valence electrons. The maximum absolute atomic E-state index is 10.7. The van der Waals surface area contributed by atoms with Gasteiger partial charge in [-0.05, 0) is 36.7 Å². The molecule has 0 radical (unpaired) electrons. The van der Waals surface area contributed by atoms with Crippen LogP contribution in [0.5, 0.6) is 0 Å². The van der Waals surface area contributed by atoms with Gasteiger partial charge in [0, 0.05) is 5.39 Å². The molecule has 13 heavy (non-hydrogen) atoms. The molecule has 0 saturated heterocycles. The van der Waals surface area contributed by atoms with Crippen molar-refractivity contribution in [2.24, 2.45) is 0 Å². The number of aromatic nitrogens is 1. The van der Waals surface area contributed by atoms with E-state index in [0.717, 1.165) is 15.8 Å². The lowest BCUT2D eigenvalue weighted by molar-refractivity contribution is 0.0697. The summed E-state index contributed by atoms with van der Waals surface area (Å²) in [5, 5.41) is 9.69. The van der Waals surface area contributed by atoms with Crippen molar-refractivity contribution < 1.29 is 9.90 Å². The highest BCUT2D eigenvalue weighted by atomic mass is 32.1. The van der Waals surface area contributed by atoms with Crippen LogP contribution in [0.15, 0.2) is 18.2 Å². The molecule has 1 heterocycles. The van der Waals surface area contributed by atoms with Crippen LogP contribution in [0.1, 0.15) is 16.1 Å². The van der Waals surface area contributed by atoms with Gasteiger partial charge in [0.05, 0.1) is 16.0 Å². The first-order valence-corrected chi connectivity index (χ1v) is 4.55. The van der Waals surface area contributed by atoms with Crippen LogP contribution in [0.3, 0.4) is 0 Å². The zero-order chi connectivity index (χ0) is 9.42. The zero-order valence-electron chi connectivity index (χ0n) is 6.94. The minimum absolute atomic E-state index is 0.316. The maximum atomic E-state index is 10.7. The topological polar surface area (TPSA) is 50.2 Å². The highest BCUT2D eigenvalue weighted by Crippen LogP contribution is 2.23. The average Bonchev–Trinajstić information content (AvgIpc) is 2.47. The molecule has 0 saturated carbocycles. The second-order valence-electron chi connectivity index (χ2n) is 2.78. The quantitative estimate of drug-likeness (QED) is 0.756. The summed E-state index contributed by atoms with van der Waals surface area (Å²) in [5.41, 5.74) is 1.21. The number of hydrogen-bond acceptors (Lipinski definition) is 3. The van der Waals surface area contributed by atoms with Crippen molar-refractivity contribution >= 4 is 27.6 Å². The Hall–Kier alpha value is -1.42. The van der Waals surface area contributed by atoms with Crippen molar-refractivity contribution in [3.05, 3.63) is 29.5 Å². The Kier molecular flexibility index (Phi) is 1.77. The van der Waals surface area contributed by atoms with E-state index in [1.54, 1.807) is 18.2 Å². The molecule has 3 nitrogen and oxygen atoms in total. The van der Waals surface area contributed by atoms with E-state index in [1.807, 2.05) is 6.92 Å². The fourth-order valence-corrected chi connectivity index (χ4v) is 1.96. The zero-order valence-corrected chi connectivity index (χ0v) is 7.76. The highest BCUT2D eigenvalue weighted by molar-refractivity contribution is 7.13. The molecule has 4 heteroatoms. The molecule has 0 aliphatic carbocycles. The van der Waals surface area contributed by atoms with Crippen LogP contribution in [0.25, 0.3) is 10.1 Å². The number of carbonyl (C=O) groups is 1. The molecule has 0 unspecified atom stereocenters. The van der Waals surface area contributed by atoms with Gasteiger partial charge in [0.1, 0.15) is 0 Å². The van der Waals surface area contributed by atoms with E-state index >= 15 is 0 Å². The van der Waals surface area contributed by atoms with Crippen molar-refractivity contribution in [1.82, 2.24) is 4.37 Å². The van der Waals surface area contributed by atoms with Gasteiger partial charge in [-0.25, -0.2) is 4.79 Å². The SMILES string of the molecule is Cc1nsc2ccc(C(=O)O)cc12. The van der Waals surface area contributed by atoms with Gasteiger partial charge in [0.25, 0.3) is 0 Å². The highest BCUT2D eigenvalue weighted by Gasteiger charge is 2.06. The summed E-state index contributed by atoms with van der Waals surface area (Å²) in [6, 6.07) is 5.06. The number of aryl methyl sites for hydroxylation is 1. The Morgan fingerprint density at radius 1 is 1.54 bits per heavy atom. The van der Waals surface area contributed by atoms with Crippen LogP contribution in [0.2, 0.25) is 0 Å². The second-order valence-corrected chi connectivity index (χ2v) is 3.59. The van der Waals surface area contributed by atoms with Crippen molar-refractivity contribution in [3.63, 3.8) is 0 Å². The summed E-state index contributed by atoms with van der Waals surface area (Å²) >= 11 is 1.39. The Morgan fingerprint density at radius 3 is 3.00 bits per heavy atom. The van der Waals surface area contributed by atoms with Crippen LogP contribution in [-0.2, 0) is 0 Å². The number of hydrogen-bond donors (Lipinski definition) is 1. The van der Waals surface area contributed by atoms with Crippen molar-refractivity contribution in [2.45, 2.75) is 6.92 Å². The van der Waals surface area contributed by atoms with E-state index in [2.05, 4.69) is 4.37 Å². The predicted octanol–water partition coefficient (Wildman–Crippen LogP) is 2.30. The molecular weight excluding hydrogens is 186 g/mol. The number of benzene rings is 1. The van der Waals surface area contributed by atoms with Gasteiger partial charge in [-0.1, -0.05) is 0 Å². The van der Waals surface area contributed by atoms with Gasteiger partial charge >= 0.3 is 5.97 Å². The van der Waals surface area contributed by atoms with Crippen molar-refractivity contribution in [3.8, 4) is 0 Å². The summed E-state index contributed by atoms with van der Waals surface area (Å²) in [5.74, 6) is -0.896. The first-order valence-electron chi connectivity index (χ1n) is 3.78.